The number of rotatable bonds is 1. The summed E-state index contributed by atoms with van der Waals surface area (Å²) >= 11 is 5.72. The summed E-state index contributed by atoms with van der Waals surface area (Å²) < 4.78 is 2.05. The molecule has 1 aromatic heterocycles. The highest BCUT2D eigenvalue weighted by Crippen LogP contribution is 2.28. The van der Waals surface area contributed by atoms with Crippen molar-refractivity contribution < 1.29 is 0 Å². The zero-order valence-corrected chi connectivity index (χ0v) is 11.0. The fourth-order valence-corrected chi connectivity index (χ4v) is 2.22. The van der Waals surface area contributed by atoms with Gasteiger partial charge in [-0.2, -0.15) is 0 Å². The minimum atomic E-state index is 0.902. The van der Waals surface area contributed by atoms with Crippen molar-refractivity contribution in [1.82, 2.24) is 4.98 Å². The van der Waals surface area contributed by atoms with E-state index in [1.807, 2.05) is 30.5 Å². The second-order valence-electron chi connectivity index (χ2n) is 2.83. The molecule has 0 aliphatic carbocycles. The van der Waals surface area contributed by atoms with E-state index in [4.69, 9.17) is 0 Å². The fraction of sp³-hybridized carbons (Fsp3) is 0. The van der Waals surface area contributed by atoms with Crippen LogP contribution in [0.5, 0.6) is 0 Å². The van der Waals surface area contributed by atoms with Crippen LogP contribution in [0.3, 0.4) is 0 Å². The van der Waals surface area contributed by atoms with E-state index in [0.29, 0.717) is 0 Å². The highest BCUT2D eigenvalue weighted by Gasteiger charge is 2.05. The van der Waals surface area contributed by atoms with Gasteiger partial charge in [0.25, 0.3) is 0 Å². The summed E-state index contributed by atoms with van der Waals surface area (Å²) in [5.41, 5.74) is 2.44. The van der Waals surface area contributed by atoms with E-state index in [1.54, 1.807) is 0 Å². The maximum atomic E-state index is 4.17. The van der Waals surface area contributed by atoms with Gasteiger partial charge in [0.1, 0.15) is 4.60 Å². The second kappa shape index (κ2) is 4.40. The molecule has 0 saturated heterocycles. The molecule has 1 aromatic carbocycles. The standard InChI is InChI=1S/C11H7BrIN/c12-11-10(13)9(6-7-14-11)8-4-2-1-3-5-8/h1-7H. The Bertz CT molecular complexity index is 442. The first-order chi connectivity index (χ1) is 6.79. The lowest BCUT2D eigenvalue weighted by atomic mass is 10.1. The van der Waals surface area contributed by atoms with Gasteiger partial charge < -0.3 is 0 Å². The highest BCUT2D eigenvalue weighted by atomic mass is 127. The quantitative estimate of drug-likeness (QED) is 0.551. The lowest BCUT2D eigenvalue weighted by Crippen LogP contribution is -1.86. The molecule has 0 radical (unpaired) electrons. The van der Waals surface area contributed by atoms with Crippen LogP contribution < -0.4 is 0 Å². The first kappa shape index (κ1) is 10.1. The van der Waals surface area contributed by atoms with Gasteiger partial charge in [-0.15, -0.1) is 0 Å². The molecule has 1 nitrogen and oxygen atoms in total. The summed E-state index contributed by atoms with van der Waals surface area (Å²) in [6.45, 7) is 0. The maximum absolute atomic E-state index is 4.17. The predicted molar refractivity (Wildman–Crippen MR) is 70.1 cm³/mol. The summed E-state index contributed by atoms with van der Waals surface area (Å²) in [6, 6.07) is 12.3. The van der Waals surface area contributed by atoms with Crippen LogP contribution in [-0.2, 0) is 0 Å². The van der Waals surface area contributed by atoms with Crippen molar-refractivity contribution in [3.8, 4) is 11.1 Å². The Morgan fingerprint density at radius 2 is 1.79 bits per heavy atom. The number of pyridine rings is 1. The molecule has 0 bridgehead atoms. The van der Waals surface area contributed by atoms with E-state index in [0.717, 1.165) is 8.17 Å². The zero-order valence-electron chi connectivity index (χ0n) is 7.24. The molecule has 3 heteroatoms. The van der Waals surface area contributed by atoms with Crippen molar-refractivity contribution in [3.63, 3.8) is 0 Å². The molecule has 14 heavy (non-hydrogen) atoms. The lowest BCUT2D eigenvalue weighted by molar-refractivity contribution is 1.25. The molecule has 1 heterocycles. The van der Waals surface area contributed by atoms with Crippen molar-refractivity contribution >= 4 is 38.5 Å². The van der Waals surface area contributed by atoms with E-state index >= 15 is 0 Å². The number of halogens is 2. The van der Waals surface area contributed by atoms with Crippen LogP contribution in [0, 0.1) is 3.57 Å². The monoisotopic (exact) mass is 359 g/mol. The van der Waals surface area contributed by atoms with Crippen molar-refractivity contribution in [2.45, 2.75) is 0 Å². The molecule has 2 rings (SSSR count). The molecular weight excluding hydrogens is 353 g/mol. The molecule has 0 atom stereocenters. The highest BCUT2D eigenvalue weighted by molar-refractivity contribution is 14.1. The van der Waals surface area contributed by atoms with Crippen LogP contribution >= 0.6 is 38.5 Å². The van der Waals surface area contributed by atoms with Crippen LogP contribution in [0.4, 0.5) is 0 Å². The third-order valence-electron chi connectivity index (χ3n) is 1.93. The normalized spacial score (nSPS) is 10.1. The van der Waals surface area contributed by atoms with Gasteiger partial charge in [0, 0.05) is 6.20 Å². The molecule has 2 aromatic rings. The molecular formula is C11H7BrIN. The summed E-state index contributed by atoms with van der Waals surface area (Å²) in [5, 5.41) is 0. The van der Waals surface area contributed by atoms with Gasteiger partial charge >= 0.3 is 0 Å². The van der Waals surface area contributed by atoms with Gasteiger partial charge in [-0.05, 0) is 55.7 Å². The fourth-order valence-electron chi connectivity index (χ4n) is 1.26. The van der Waals surface area contributed by atoms with Gasteiger partial charge in [-0.3, -0.25) is 0 Å². The summed E-state index contributed by atoms with van der Waals surface area (Å²) in [4.78, 5) is 4.17. The van der Waals surface area contributed by atoms with Crippen molar-refractivity contribution in [2.24, 2.45) is 0 Å². The summed E-state index contributed by atoms with van der Waals surface area (Å²) in [6.07, 6.45) is 1.81. The lowest BCUT2D eigenvalue weighted by Gasteiger charge is -2.04. The van der Waals surface area contributed by atoms with Gasteiger partial charge in [0.05, 0.1) is 3.57 Å². The molecule has 0 saturated carbocycles. The molecule has 0 unspecified atom stereocenters. The number of hydrogen-bond donors (Lipinski definition) is 0. The third kappa shape index (κ3) is 1.98. The molecule has 0 amide bonds. The summed E-state index contributed by atoms with van der Waals surface area (Å²) in [5.74, 6) is 0. The van der Waals surface area contributed by atoms with Crippen LogP contribution in [0.25, 0.3) is 11.1 Å². The molecule has 0 N–H and O–H groups in total. The summed E-state index contributed by atoms with van der Waals surface area (Å²) in [7, 11) is 0. The number of aromatic nitrogens is 1. The first-order valence-electron chi connectivity index (χ1n) is 4.14. The number of hydrogen-bond acceptors (Lipinski definition) is 1. The molecule has 70 valence electrons. The van der Waals surface area contributed by atoms with E-state index in [9.17, 15) is 0 Å². The topological polar surface area (TPSA) is 12.9 Å². The van der Waals surface area contributed by atoms with Crippen LogP contribution in [-0.4, -0.2) is 4.98 Å². The number of nitrogens with zero attached hydrogens (tertiary/aromatic N) is 1. The Morgan fingerprint density at radius 1 is 1.07 bits per heavy atom. The minimum Gasteiger partial charge on any atom is -0.248 e. The van der Waals surface area contributed by atoms with Crippen LogP contribution in [0.2, 0.25) is 0 Å². The smallest absolute Gasteiger partial charge is 0.119 e. The van der Waals surface area contributed by atoms with E-state index in [2.05, 4.69) is 55.6 Å². The van der Waals surface area contributed by atoms with Crippen molar-refractivity contribution in [1.29, 1.82) is 0 Å². The van der Waals surface area contributed by atoms with Gasteiger partial charge in [0.15, 0.2) is 0 Å². The zero-order chi connectivity index (χ0) is 9.97. The van der Waals surface area contributed by atoms with Crippen molar-refractivity contribution in [2.75, 3.05) is 0 Å². The SMILES string of the molecule is Brc1nccc(-c2ccccc2)c1I. The molecule has 0 aliphatic heterocycles. The Balaban J connectivity index is 2.58. The first-order valence-corrected chi connectivity index (χ1v) is 6.01. The third-order valence-corrected chi connectivity index (χ3v) is 4.37. The number of benzene rings is 1. The second-order valence-corrected chi connectivity index (χ2v) is 4.66. The van der Waals surface area contributed by atoms with E-state index in [1.165, 1.54) is 11.1 Å². The van der Waals surface area contributed by atoms with Gasteiger partial charge in [-0.25, -0.2) is 4.98 Å². The Hall–Kier alpha value is -0.420. The average Bonchev–Trinajstić information content (AvgIpc) is 2.23. The predicted octanol–water partition coefficient (Wildman–Crippen LogP) is 4.12. The van der Waals surface area contributed by atoms with E-state index in [-0.39, 0.29) is 0 Å². The van der Waals surface area contributed by atoms with E-state index < -0.39 is 0 Å². The van der Waals surface area contributed by atoms with Gasteiger partial charge in [-0.1, -0.05) is 30.3 Å². The largest absolute Gasteiger partial charge is 0.248 e. The Labute approximate surface area is 105 Å². The maximum Gasteiger partial charge on any atom is 0.119 e. The minimum absolute atomic E-state index is 0.902. The molecule has 0 spiro atoms. The van der Waals surface area contributed by atoms with Gasteiger partial charge in [0.2, 0.25) is 0 Å². The van der Waals surface area contributed by atoms with Crippen LogP contribution in [0.15, 0.2) is 47.2 Å². The molecule has 0 aliphatic rings. The van der Waals surface area contributed by atoms with Crippen molar-refractivity contribution in [3.05, 3.63) is 50.8 Å². The Morgan fingerprint density at radius 3 is 2.50 bits per heavy atom. The Kier molecular flexibility index (Phi) is 3.18. The van der Waals surface area contributed by atoms with Crippen LogP contribution in [0.1, 0.15) is 0 Å². The average molecular weight is 360 g/mol. The molecule has 0 fully saturated rings.